The number of anilines is 2. The SMILES string of the molecule is CC(C)(C)OC(=O)Nc1ncc(C(=O)NNc2ccc(F)nc2)s1. The van der Waals surface area contributed by atoms with Crippen molar-refractivity contribution < 1.29 is 18.7 Å². The number of carbonyl (C=O) groups excluding carboxylic acids is 2. The van der Waals surface area contributed by atoms with Gasteiger partial charge in [-0.3, -0.25) is 21.0 Å². The summed E-state index contributed by atoms with van der Waals surface area (Å²) in [6.45, 7) is 5.22. The van der Waals surface area contributed by atoms with Crippen LogP contribution >= 0.6 is 11.3 Å². The van der Waals surface area contributed by atoms with E-state index in [2.05, 4.69) is 26.1 Å². The zero-order chi connectivity index (χ0) is 17.7. The topological polar surface area (TPSA) is 105 Å². The molecule has 128 valence electrons. The molecule has 0 aliphatic heterocycles. The molecule has 0 fully saturated rings. The number of pyridine rings is 1. The first-order chi connectivity index (χ1) is 11.2. The van der Waals surface area contributed by atoms with Crippen LogP contribution in [0.2, 0.25) is 0 Å². The molecule has 2 aromatic rings. The normalized spacial score (nSPS) is 10.8. The molecule has 2 aromatic heterocycles. The van der Waals surface area contributed by atoms with Gasteiger partial charge in [0.25, 0.3) is 5.91 Å². The van der Waals surface area contributed by atoms with Crippen LogP contribution in [0.15, 0.2) is 24.5 Å². The average Bonchev–Trinajstić information content (AvgIpc) is 2.92. The quantitative estimate of drug-likeness (QED) is 0.577. The number of aromatic nitrogens is 2. The minimum Gasteiger partial charge on any atom is -0.444 e. The summed E-state index contributed by atoms with van der Waals surface area (Å²) >= 11 is 0.982. The molecule has 0 aliphatic carbocycles. The van der Waals surface area contributed by atoms with Crippen LogP contribution in [0.25, 0.3) is 0 Å². The predicted molar refractivity (Wildman–Crippen MR) is 87.3 cm³/mol. The zero-order valence-electron chi connectivity index (χ0n) is 13.2. The minimum absolute atomic E-state index is 0.234. The number of halogens is 1. The number of amides is 2. The molecule has 0 radical (unpaired) electrons. The maximum absolute atomic E-state index is 12.7. The molecule has 0 aliphatic rings. The summed E-state index contributed by atoms with van der Waals surface area (Å²) in [6.07, 6.45) is 1.90. The van der Waals surface area contributed by atoms with Crippen molar-refractivity contribution >= 4 is 34.2 Å². The molecule has 24 heavy (non-hydrogen) atoms. The Morgan fingerprint density at radius 3 is 2.58 bits per heavy atom. The van der Waals surface area contributed by atoms with Crippen LogP contribution in [0.5, 0.6) is 0 Å². The van der Waals surface area contributed by atoms with Gasteiger partial charge in [-0.1, -0.05) is 11.3 Å². The number of rotatable bonds is 4. The number of nitrogens with one attached hydrogen (secondary N) is 3. The summed E-state index contributed by atoms with van der Waals surface area (Å²) in [6, 6.07) is 2.58. The van der Waals surface area contributed by atoms with Crippen LogP contribution in [-0.4, -0.2) is 27.6 Å². The summed E-state index contributed by atoms with van der Waals surface area (Å²) in [7, 11) is 0. The van der Waals surface area contributed by atoms with Crippen LogP contribution in [-0.2, 0) is 4.74 Å². The van der Waals surface area contributed by atoms with E-state index in [-0.39, 0.29) is 10.0 Å². The van der Waals surface area contributed by atoms with E-state index in [1.807, 2.05) is 0 Å². The van der Waals surface area contributed by atoms with Gasteiger partial charge in [-0.05, 0) is 32.9 Å². The van der Waals surface area contributed by atoms with Crippen LogP contribution in [0, 0.1) is 5.95 Å². The maximum atomic E-state index is 12.7. The Kier molecular flexibility index (Phi) is 5.29. The van der Waals surface area contributed by atoms with Crippen LogP contribution < -0.4 is 16.2 Å². The predicted octanol–water partition coefficient (Wildman–Crippen LogP) is 2.78. The Hall–Kier alpha value is -2.75. The Labute approximate surface area is 141 Å². The highest BCUT2D eigenvalue weighted by Crippen LogP contribution is 2.19. The van der Waals surface area contributed by atoms with Crippen LogP contribution in [0.1, 0.15) is 30.4 Å². The van der Waals surface area contributed by atoms with Gasteiger partial charge in [-0.2, -0.15) is 4.39 Å². The fourth-order valence-corrected chi connectivity index (χ4v) is 2.17. The molecule has 0 spiro atoms. The highest BCUT2D eigenvalue weighted by molar-refractivity contribution is 7.17. The second kappa shape index (κ2) is 7.21. The third-order valence-electron chi connectivity index (χ3n) is 2.39. The van der Waals surface area contributed by atoms with Gasteiger partial charge in [0.05, 0.1) is 18.1 Å². The highest BCUT2D eigenvalue weighted by Gasteiger charge is 2.18. The molecule has 8 nitrogen and oxygen atoms in total. The Morgan fingerprint density at radius 1 is 1.21 bits per heavy atom. The molecular weight excluding hydrogens is 337 g/mol. The van der Waals surface area contributed by atoms with Crippen molar-refractivity contribution in [1.29, 1.82) is 0 Å². The maximum Gasteiger partial charge on any atom is 0.413 e. The van der Waals surface area contributed by atoms with Gasteiger partial charge in [-0.25, -0.2) is 14.8 Å². The molecule has 2 amide bonds. The molecule has 0 bridgehead atoms. The van der Waals surface area contributed by atoms with Gasteiger partial charge in [0, 0.05) is 0 Å². The van der Waals surface area contributed by atoms with Gasteiger partial charge in [0.2, 0.25) is 5.95 Å². The first-order valence-electron chi connectivity index (χ1n) is 6.87. The van der Waals surface area contributed by atoms with E-state index in [0.29, 0.717) is 5.69 Å². The molecule has 3 N–H and O–H groups in total. The smallest absolute Gasteiger partial charge is 0.413 e. The zero-order valence-corrected chi connectivity index (χ0v) is 14.0. The van der Waals surface area contributed by atoms with E-state index < -0.39 is 23.5 Å². The lowest BCUT2D eigenvalue weighted by molar-refractivity contribution is 0.0635. The average molecular weight is 353 g/mol. The third kappa shape index (κ3) is 5.47. The molecular formula is C14H16FN5O3S. The van der Waals surface area contributed by atoms with Gasteiger partial charge in [-0.15, -0.1) is 0 Å². The second-order valence-electron chi connectivity index (χ2n) is 5.61. The number of hydrogen-bond acceptors (Lipinski definition) is 7. The van der Waals surface area contributed by atoms with Crippen molar-refractivity contribution in [2.45, 2.75) is 26.4 Å². The molecule has 0 atom stereocenters. The van der Waals surface area contributed by atoms with E-state index in [4.69, 9.17) is 4.74 Å². The number of thiazole rings is 1. The largest absolute Gasteiger partial charge is 0.444 e. The first-order valence-corrected chi connectivity index (χ1v) is 7.68. The third-order valence-corrected chi connectivity index (χ3v) is 3.30. The molecule has 2 rings (SSSR count). The number of ether oxygens (including phenoxy) is 1. The van der Waals surface area contributed by atoms with E-state index in [1.165, 1.54) is 18.5 Å². The van der Waals surface area contributed by atoms with Gasteiger partial charge in [0.1, 0.15) is 10.5 Å². The van der Waals surface area contributed by atoms with Gasteiger partial charge < -0.3 is 4.74 Å². The lowest BCUT2D eigenvalue weighted by Crippen LogP contribution is -2.28. The van der Waals surface area contributed by atoms with Crippen LogP contribution in [0.4, 0.5) is 20.0 Å². The van der Waals surface area contributed by atoms with E-state index in [9.17, 15) is 14.0 Å². The molecule has 0 aromatic carbocycles. The van der Waals surface area contributed by atoms with E-state index >= 15 is 0 Å². The number of hydrogen-bond donors (Lipinski definition) is 3. The Bertz CT molecular complexity index is 727. The molecule has 0 unspecified atom stereocenters. The van der Waals surface area contributed by atoms with Gasteiger partial charge in [0.15, 0.2) is 5.13 Å². The van der Waals surface area contributed by atoms with E-state index in [1.54, 1.807) is 20.8 Å². The molecule has 0 saturated heterocycles. The molecule has 10 heteroatoms. The number of carbonyl (C=O) groups is 2. The van der Waals surface area contributed by atoms with Crippen molar-refractivity contribution in [3.8, 4) is 0 Å². The van der Waals surface area contributed by atoms with Crippen molar-refractivity contribution in [2.24, 2.45) is 0 Å². The Morgan fingerprint density at radius 2 is 1.96 bits per heavy atom. The van der Waals surface area contributed by atoms with Crippen molar-refractivity contribution in [3.05, 3.63) is 35.4 Å². The molecule has 0 saturated carbocycles. The minimum atomic E-state index is -0.653. The van der Waals surface area contributed by atoms with Gasteiger partial charge >= 0.3 is 6.09 Å². The fraction of sp³-hybridized carbons (Fsp3) is 0.286. The second-order valence-corrected chi connectivity index (χ2v) is 6.64. The first kappa shape index (κ1) is 17.6. The summed E-state index contributed by atoms with van der Waals surface area (Å²) in [5.41, 5.74) is 4.79. The lowest BCUT2D eigenvalue weighted by Gasteiger charge is -2.18. The van der Waals surface area contributed by atoms with Crippen LogP contribution in [0.3, 0.4) is 0 Å². The highest BCUT2D eigenvalue weighted by atomic mass is 32.1. The fourth-order valence-electron chi connectivity index (χ4n) is 1.47. The molecule has 2 heterocycles. The van der Waals surface area contributed by atoms with Crippen molar-refractivity contribution in [1.82, 2.24) is 15.4 Å². The summed E-state index contributed by atoms with van der Waals surface area (Å²) in [5, 5.41) is 2.68. The standard InChI is InChI=1S/C14H16FN5O3S/c1-14(2,3)23-13(22)18-12-17-7-9(24-12)11(21)20-19-8-4-5-10(15)16-6-8/h4-7,19H,1-3H3,(H,20,21)(H,17,18,22). The number of nitrogens with zero attached hydrogens (tertiary/aromatic N) is 2. The van der Waals surface area contributed by atoms with E-state index in [0.717, 1.165) is 17.4 Å². The van der Waals surface area contributed by atoms with Crippen molar-refractivity contribution in [3.63, 3.8) is 0 Å². The monoisotopic (exact) mass is 353 g/mol. The summed E-state index contributed by atoms with van der Waals surface area (Å²) in [5.74, 6) is -1.08. The number of hydrazine groups is 1. The summed E-state index contributed by atoms with van der Waals surface area (Å²) in [4.78, 5) is 31.2. The summed E-state index contributed by atoms with van der Waals surface area (Å²) < 4.78 is 17.8. The van der Waals surface area contributed by atoms with Crippen molar-refractivity contribution in [2.75, 3.05) is 10.7 Å². The lowest BCUT2D eigenvalue weighted by atomic mass is 10.2. The Balaban J connectivity index is 1.88.